The third-order valence-electron chi connectivity index (χ3n) is 5.04. The van der Waals surface area contributed by atoms with Crippen LogP contribution in [0.4, 0.5) is 0 Å². The van der Waals surface area contributed by atoms with Crippen molar-refractivity contribution in [3.05, 3.63) is 63.2 Å². The molecule has 0 unspecified atom stereocenters. The number of hydrogen-bond donors (Lipinski definition) is 2. The third-order valence-corrected chi connectivity index (χ3v) is 7.29. The minimum atomic E-state index is -3.64. The zero-order valence-electron chi connectivity index (χ0n) is 15.4. The van der Waals surface area contributed by atoms with Gasteiger partial charge in [0.2, 0.25) is 15.9 Å². The molecular weight excluding hydrogens is 478 g/mol. The first-order valence-corrected chi connectivity index (χ1v) is 11.8. The first-order valence-electron chi connectivity index (χ1n) is 9.15. The van der Waals surface area contributed by atoms with Gasteiger partial charge in [-0.1, -0.05) is 27.5 Å². The van der Waals surface area contributed by atoms with Crippen molar-refractivity contribution in [1.29, 1.82) is 0 Å². The number of hydrogen-bond acceptors (Lipinski definition) is 3. The fourth-order valence-electron chi connectivity index (χ4n) is 3.55. The van der Waals surface area contributed by atoms with Crippen LogP contribution in [0.2, 0.25) is 5.02 Å². The van der Waals surface area contributed by atoms with E-state index in [0.717, 1.165) is 33.1 Å². The number of fused-ring (bicyclic) bond motifs is 3. The minimum Gasteiger partial charge on any atom is -0.358 e. The first-order chi connectivity index (χ1) is 13.8. The van der Waals surface area contributed by atoms with Gasteiger partial charge in [-0.25, -0.2) is 13.1 Å². The summed E-state index contributed by atoms with van der Waals surface area (Å²) in [4.78, 5) is 18.0. The average molecular weight is 497 g/mol. The van der Waals surface area contributed by atoms with E-state index in [0.29, 0.717) is 18.1 Å². The maximum absolute atomic E-state index is 12.6. The van der Waals surface area contributed by atoms with Crippen LogP contribution >= 0.6 is 27.5 Å². The summed E-state index contributed by atoms with van der Waals surface area (Å²) in [5, 5.41) is 1.69. The van der Waals surface area contributed by atoms with Gasteiger partial charge in [0.25, 0.3) is 0 Å². The van der Waals surface area contributed by atoms with Gasteiger partial charge in [0, 0.05) is 64.1 Å². The molecule has 9 heteroatoms. The fourth-order valence-corrected chi connectivity index (χ4v) is 5.02. The molecule has 1 aliphatic rings. The van der Waals surface area contributed by atoms with Crippen molar-refractivity contribution in [3.8, 4) is 0 Å². The largest absolute Gasteiger partial charge is 0.358 e. The number of amides is 1. The molecule has 1 amide bonds. The summed E-state index contributed by atoms with van der Waals surface area (Å²) in [6, 6.07) is 12.1. The van der Waals surface area contributed by atoms with Gasteiger partial charge in [-0.15, -0.1) is 0 Å². The quantitative estimate of drug-likeness (QED) is 0.563. The fraction of sp³-hybridized carbons (Fsp3) is 0.250. The van der Waals surface area contributed by atoms with Gasteiger partial charge < -0.3 is 9.88 Å². The molecule has 2 aromatic carbocycles. The molecule has 4 rings (SSSR count). The molecule has 0 spiro atoms. The Hall–Kier alpha value is -1.87. The number of aromatic nitrogens is 1. The van der Waals surface area contributed by atoms with Crippen LogP contribution in [0.25, 0.3) is 10.9 Å². The number of carbonyl (C=O) groups is 1. The summed E-state index contributed by atoms with van der Waals surface area (Å²) in [5.41, 5.74) is 3.22. The van der Waals surface area contributed by atoms with Crippen LogP contribution in [0.5, 0.6) is 0 Å². The minimum absolute atomic E-state index is 0.0559. The van der Waals surface area contributed by atoms with Gasteiger partial charge in [-0.05, 0) is 42.5 Å². The lowest BCUT2D eigenvalue weighted by molar-refractivity contribution is -0.131. The molecule has 29 heavy (non-hydrogen) atoms. The summed E-state index contributed by atoms with van der Waals surface area (Å²) in [5.74, 6) is -0.0782. The second-order valence-electron chi connectivity index (χ2n) is 6.94. The number of rotatable bonds is 5. The predicted molar refractivity (Wildman–Crippen MR) is 116 cm³/mol. The molecule has 1 aliphatic heterocycles. The van der Waals surface area contributed by atoms with E-state index in [-0.39, 0.29) is 23.8 Å². The van der Waals surface area contributed by atoms with Crippen LogP contribution in [-0.2, 0) is 27.8 Å². The molecule has 0 bridgehead atoms. The standard InChI is InChI=1S/C20H19BrClN3O3S/c21-13-1-4-15(5-2-13)29(27,28)23-9-7-20(26)25-10-8-19-17(12-25)16-11-14(22)3-6-18(16)24-19/h1-6,11,23-24H,7-10,12H2. The average Bonchev–Trinajstić information content (AvgIpc) is 3.05. The summed E-state index contributed by atoms with van der Waals surface area (Å²) in [6.07, 6.45) is 0.839. The van der Waals surface area contributed by atoms with Gasteiger partial charge in [0.05, 0.1) is 4.90 Å². The number of nitrogens with zero attached hydrogens (tertiary/aromatic N) is 1. The van der Waals surface area contributed by atoms with E-state index < -0.39 is 10.0 Å². The number of halogens is 2. The maximum Gasteiger partial charge on any atom is 0.240 e. The molecule has 0 fully saturated rings. The van der Waals surface area contributed by atoms with Crippen molar-refractivity contribution in [2.75, 3.05) is 13.1 Å². The van der Waals surface area contributed by atoms with Crippen LogP contribution in [0.1, 0.15) is 17.7 Å². The molecule has 0 atom stereocenters. The van der Waals surface area contributed by atoms with E-state index in [1.165, 1.54) is 12.1 Å². The molecule has 0 saturated heterocycles. The van der Waals surface area contributed by atoms with E-state index >= 15 is 0 Å². The first kappa shape index (κ1) is 20.4. The van der Waals surface area contributed by atoms with E-state index in [4.69, 9.17) is 11.6 Å². The highest BCUT2D eigenvalue weighted by Crippen LogP contribution is 2.30. The Morgan fingerprint density at radius 1 is 1.21 bits per heavy atom. The van der Waals surface area contributed by atoms with Crippen molar-refractivity contribution in [2.45, 2.75) is 24.3 Å². The Morgan fingerprint density at radius 2 is 1.97 bits per heavy atom. The molecule has 0 saturated carbocycles. The van der Waals surface area contributed by atoms with E-state index in [1.807, 2.05) is 18.2 Å². The zero-order chi connectivity index (χ0) is 20.6. The lowest BCUT2D eigenvalue weighted by atomic mass is 10.0. The Kier molecular flexibility index (Phi) is 5.70. The SMILES string of the molecule is O=C(CCNS(=O)(=O)c1ccc(Br)cc1)N1CCc2[nH]c3ccc(Cl)cc3c2C1. The Morgan fingerprint density at radius 3 is 2.72 bits per heavy atom. The normalized spacial score (nSPS) is 14.2. The highest BCUT2D eigenvalue weighted by Gasteiger charge is 2.24. The third kappa shape index (κ3) is 4.35. The highest BCUT2D eigenvalue weighted by atomic mass is 79.9. The summed E-state index contributed by atoms with van der Waals surface area (Å²) in [6.45, 7) is 1.15. The maximum atomic E-state index is 12.6. The highest BCUT2D eigenvalue weighted by molar-refractivity contribution is 9.10. The van der Waals surface area contributed by atoms with Gasteiger partial charge in [-0.2, -0.15) is 0 Å². The Balaban J connectivity index is 1.39. The number of nitrogens with one attached hydrogen (secondary N) is 2. The Bertz CT molecular complexity index is 1180. The molecule has 6 nitrogen and oxygen atoms in total. The van der Waals surface area contributed by atoms with Crippen LogP contribution in [0, 0.1) is 0 Å². The lowest BCUT2D eigenvalue weighted by Crippen LogP contribution is -2.37. The van der Waals surface area contributed by atoms with Crippen molar-refractivity contribution < 1.29 is 13.2 Å². The van der Waals surface area contributed by atoms with E-state index in [1.54, 1.807) is 17.0 Å². The smallest absolute Gasteiger partial charge is 0.240 e. The molecule has 0 radical (unpaired) electrons. The van der Waals surface area contributed by atoms with Gasteiger partial charge in [0.1, 0.15) is 0 Å². The van der Waals surface area contributed by atoms with Gasteiger partial charge >= 0.3 is 0 Å². The molecule has 2 N–H and O–H groups in total. The lowest BCUT2D eigenvalue weighted by Gasteiger charge is -2.27. The van der Waals surface area contributed by atoms with Crippen molar-refractivity contribution >= 4 is 54.4 Å². The summed E-state index contributed by atoms with van der Waals surface area (Å²) < 4.78 is 28.0. The molecule has 1 aromatic heterocycles. The monoisotopic (exact) mass is 495 g/mol. The number of carbonyl (C=O) groups excluding carboxylic acids is 1. The number of aromatic amines is 1. The van der Waals surface area contributed by atoms with Crippen LogP contribution in [0.15, 0.2) is 51.8 Å². The van der Waals surface area contributed by atoms with Crippen molar-refractivity contribution in [1.82, 2.24) is 14.6 Å². The molecule has 2 heterocycles. The topological polar surface area (TPSA) is 82.3 Å². The predicted octanol–water partition coefficient (Wildman–Crippen LogP) is 3.84. The molecule has 152 valence electrons. The number of benzene rings is 2. The van der Waals surface area contributed by atoms with Crippen molar-refractivity contribution in [3.63, 3.8) is 0 Å². The van der Waals surface area contributed by atoms with Crippen LogP contribution in [0.3, 0.4) is 0 Å². The molecule has 3 aromatic rings. The molecular formula is C20H19BrClN3O3S. The van der Waals surface area contributed by atoms with Crippen molar-refractivity contribution in [2.24, 2.45) is 0 Å². The number of H-pyrrole nitrogens is 1. The van der Waals surface area contributed by atoms with E-state index in [2.05, 4.69) is 25.6 Å². The summed E-state index contributed by atoms with van der Waals surface area (Å²) >= 11 is 9.41. The van der Waals surface area contributed by atoms with E-state index in [9.17, 15) is 13.2 Å². The number of sulfonamides is 1. The van der Waals surface area contributed by atoms with Gasteiger partial charge in [-0.3, -0.25) is 4.79 Å². The second-order valence-corrected chi connectivity index (χ2v) is 10.1. The molecule has 0 aliphatic carbocycles. The van der Waals surface area contributed by atoms with Crippen LogP contribution in [-0.4, -0.2) is 37.3 Å². The summed E-state index contributed by atoms with van der Waals surface area (Å²) in [7, 11) is -3.64. The Labute approximate surface area is 182 Å². The zero-order valence-corrected chi connectivity index (χ0v) is 18.6. The second kappa shape index (κ2) is 8.10. The van der Waals surface area contributed by atoms with Gasteiger partial charge in [0.15, 0.2) is 0 Å². The van der Waals surface area contributed by atoms with Crippen LogP contribution < -0.4 is 4.72 Å².